The molecule has 1 saturated heterocycles. The standard InChI is InChI=1S/C14H18ClN/c1-12(9-15)10-16-8-7-14(11-16)13-5-3-2-4-6-13/h2-6,14H,1,7-11H2. The Hall–Kier alpha value is -0.790. The molecule has 0 spiro atoms. The summed E-state index contributed by atoms with van der Waals surface area (Å²) in [6.45, 7) is 7.21. The molecule has 0 radical (unpaired) electrons. The molecule has 0 N–H and O–H groups in total. The zero-order chi connectivity index (χ0) is 11.4. The molecule has 0 aromatic heterocycles. The molecule has 2 rings (SSSR count). The fourth-order valence-corrected chi connectivity index (χ4v) is 2.42. The summed E-state index contributed by atoms with van der Waals surface area (Å²) >= 11 is 5.76. The van der Waals surface area contributed by atoms with Crippen LogP contribution < -0.4 is 0 Å². The van der Waals surface area contributed by atoms with Gasteiger partial charge in [-0.15, -0.1) is 11.6 Å². The summed E-state index contributed by atoms with van der Waals surface area (Å²) in [4.78, 5) is 2.45. The monoisotopic (exact) mass is 235 g/mol. The average molecular weight is 236 g/mol. The molecule has 1 aromatic rings. The molecule has 1 unspecified atom stereocenters. The SMILES string of the molecule is C=C(CCl)CN1CCC(c2ccccc2)C1. The van der Waals surface area contributed by atoms with Gasteiger partial charge in [-0.2, -0.15) is 0 Å². The van der Waals surface area contributed by atoms with E-state index in [-0.39, 0.29) is 0 Å². The van der Waals surface area contributed by atoms with Crippen LogP contribution in [0.2, 0.25) is 0 Å². The molecular weight excluding hydrogens is 218 g/mol. The Balaban J connectivity index is 1.91. The van der Waals surface area contributed by atoms with Gasteiger partial charge < -0.3 is 0 Å². The van der Waals surface area contributed by atoms with Gasteiger partial charge in [0, 0.05) is 19.0 Å². The Labute approximate surface area is 103 Å². The molecule has 1 atom stereocenters. The number of alkyl halides is 1. The van der Waals surface area contributed by atoms with E-state index in [1.807, 2.05) is 0 Å². The maximum absolute atomic E-state index is 5.76. The topological polar surface area (TPSA) is 3.24 Å². The van der Waals surface area contributed by atoms with Crippen molar-refractivity contribution < 1.29 is 0 Å². The van der Waals surface area contributed by atoms with Crippen LogP contribution in [0.4, 0.5) is 0 Å². The predicted molar refractivity (Wildman–Crippen MR) is 70.1 cm³/mol. The van der Waals surface area contributed by atoms with Crippen LogP contribution >= 0.6 is 11.6 Å². The highest BCUT2D eigenvalue weighted by atomic mass is 35.5. The van der Waals surface area contributed by atoms with Crippen molar-refractivity contribution in [2.45, 2.75) is 12.3 Å². The van der Waals surface area contributed by atoms with Crippen molar-refractivity contribution in [3.63, 3.8) is 0 Å². The minimum atomic E-state index is 0.576. The summed E-state index contributed by atoms with van der Waals surface area (Å²) in [7, 11) is 0. The fourth-order valence-electron chi connectivity index (χ4n) is 2.33. The van der Waals surface area contributed by atoms with E-state index in [1.54, 1.807) is 0 Å². The summed E-state index contributed by atoms with van der Waals surface area (Å²) in [6, 6.07) is 10.8. The van der Waals surface area contributed by atoms with Crippen LogP contribution in [0.15, 0.2) is 42.5 Å². The van der Waals surface area contributed by atoms with Crippen molar-refractivity contribution in [3.8, 4) is 0 Å². The first-order chi connectivity index (χ1) is 7.79. The normalized spacial score (nSPS) is 21.2. The molecule has 0 saturated carbocycles. The zero-order valence-electron chi connectivity index (χ0n) is 9.53. The lowest BCUT2D eigenvalue weighted by atomic mass is 9.99. The Morgan fingerprint density at radius 2 is 2.12 bits per heavy atom. The molecule has 2 heteroatoms. The number of hydrogen-bond acceptors (Lipinski definition) is 1. The molecular formula is C14H18ClN. The molecule has 1 nitrogen and oxygen atoms in total. The molecule has 0 aliphatic carbocycles. The number of halogens is 1. The van der Waals surface area contributed by atoms with Gasteiger partial charge in [-0.1, -0.05) is 36.9 Å². The molecule has 1 fully saturated rings. The number of rotatable bonds is 4. The largest absolute Gasteiger partial charge is 0.299 e. The van der Waals surface area contributed by atoms with Gasteiger partial charge in [0.05, 0.1) is 0 Å². The predicted octanol–water partition coefficient (Wildman–Crippen LogP) is 3.27. The van der Waals surface area contributed by atoms with Gasteiger partial charge in [0.15, 0.2) is 0 Å². The quantitative estimate of drug-likeness (QED) is 0.572. The highest BCUT2D eigenvalue weighted by Crippen LogP contribution is 2.27. The molecule has 1 aliphatic heterocycles. The summed E-state index contributed by atoms with van der Waals surface area (Å²) < 4.78 is 0. The number of likely N-dealkylation sites (tertiary alicyclic amines) is 1. The van der Waals surface area contributed by atoms with E-state index in [2.05, 4.69) is 41.8 Å². The second kappa shape index (κ2) is 5.51. The molecule has 1 aliphatic rings. The maximum Gasteiger partial charge on any atom is 0.0443 e. The van der Waals surface area contributed by atoms with E-state index in [9.17, 15) is 0 Å². The van der Waals surface area contributed by atoms with Gasteiger partial charge >= 0.3 is 0 Å². The summed E-state index contributed by atoms with van der Waals surface area (Å²) in [5.41, 5.74) is 2.58. The summed E-state index contributed by atoms with van der Waals surface area (Å²) in [5, 5.41) is 0. The summed E-state index contributed by atoms with van der Waals surface area (Å²) in [6.07, 6.45) is 1.25. The third-order valence-electron chi connectivity index (χ3n) is 3.18. The lowest BCUT2D eigenvalue weighted by molar-refractivity contribution is 0.364. The Kier molecular flexibility index (Phi) is 4.03. The van der Waals surface area contributed by atoms with Crippen LogP contribution in [0.25, 0.3) is 0 Å². The number of hydrogen-bond donors (Lipinski definition) is 0. The van der Waals surface area contributed by atoms with E-state index in [0.717, 1.165) is 25.2 Å². The van der Waals surface area contributed by atoms with E-state index in [1.165, 1.54) is 12.0 Å². The van der Waals surface area contributed by atoms with E-state index in [4.69, 9.17) is 11.6 Å². The highest BCUT2D eigenvalue weighted by Gasteiger charge is 2.23. The van der Waals surface area contributed by atoms with Crippen LogP contribution in [0.1, 0.15) is 17.9 Å². The first kappa shape index (κ1) is 11.7. The Morgan fingerprint density at radius 1 is 1.38 bits per heavy atom. The Bertz CT molecular complexity index is 347. The van der Waals surface area contributed by atoms with Crippen molar-refractivity contribution >= 4 is 11.6 Å². The van der Waals surface area contributed by atoms with Crippen molar-refractivity contribution in [2.75, 3.05) is 25.5 Å². The van der Waals surface area contributed by atoms with E-state index >= 15 is 0 Å². The van der Waals surface area contributed by atoms with Crippen molar-refractivity contribution in [2.24, 2.45) is 0 Å². The average Bonchev–Trinajstić information content (AvgIpc) is 2.78. The fraction of sp³-hybridized carbons (Fsp3) is 0.429. The van der Waals surface area contributed by atoms with Crippen molar-refractivity contribution in [3.05, 3.63) is 48.0 Å². The van der Waals surface area contributed by atoms with Crippen LogP contribution in [-0.4, -0.2) is 30.4 Å². The summed E-state index contributed by atoms with van der Waals surface area (Å²) in [5.74, 6) is 1.26. The minimum Gasteiger partial charge on any atom is -0.299 e. The van der Waals surface area contributed by atoms with Crippen LogP contribution in [0.5, 0.6) is 0 Å². The molecule has 0 amide bonds. The second-order valence-electron chi connectivity index (χ2n) is 4.52. The lowest BCUT2D eigenvalue weighted by Gasteiger charge is -2.16. The first-order valence-corrected chi connectivity index (χ1v) is 6.33. The number of nitrogens with zero attached hydrogens (tertiary/aromatic N) is 1. The van der Waals surface area contributed by atoms with Crippen molar-refractivity contribution in [1.29, 1.82) is 0 Å². The van der Waals surface area contributed by atoms with E-state index < -0.39 is 0 Å². The van der Waals surface area contributed by atoms with Gasteiger partial charge in [-0.3, -0.25) is 4.90 Å². The smallest absolute Gasteiger partial charge is 0.0443 e. The molecule has 1 heterocycles. The van der Waals surface area contributed by atoms with Crippen LogP contribution in [0.3, 0.4) is 0 Å². The van der Waals surface area contributed by atoms with E-state index in [0.29, 0.717) is 11.8 Å². The van der Waals surface area contributed by atoms with Crippen LogP contribution in [0, 0.1) is 0 Å². The molecule has 0 bridgehead atoms. The lowest BCUT2D eigenvalue weighted by Crippen LogP contribution is -2.23. The highest BCUT2D eigenvalue weighted by molar-refractivity contribution is 6.19. The molecule has 16 heavy (non-hydrogen) atoms. The third kappa shape index (κ3) is 2.87. The third-order valence-corrected chi connectivity index (χ3v) is 3.56. The van der Waals surface area contributed by atoms with Gasteiger partial charge in [0.1, 0.15) is 0 Å². The van der Waals surface area contributed by atoms with Gasteiger partial charge in [0.2, 0.25) is 0 Å². The first-order valence-electron chi connectivity index (χ1n) is 5.79. The zero-order valence-corrected chi connectivity index (χ0v) is 10.3. The Morgan fingerprint density at radius 3 is 2.81 bits per heavy atom. The van der Waals surface area contributed by atoms with Gasteiger partial charge in [-0.25, -0.2) is 0 Å². The van der Waals surface area contributed by atoms with Gasteiger partial charge in [0.25, 0.3) is 0 Å². The minimum absolute atomic E-state index is 0.576. The second-order valence-corrected chi connectivity index (χ2v) is 4.78. The number of benzene rings is 1. The molecule has 86 valence electrons. The maximum atomic E-state index is 5.76. The molecule has 1 aromatic carbocycles. The van der Waals surface area contributed by atoms with Crippen LogP contribution in [-0.2, 0) is 0 Å². The van der Waals surface area contributed by atoms with Crippen molar-refractivity contribution in [1.82, 2.24) is 4.90 Å². The van der Waals surface area contributed by atoms with Gasteiger partial charge in [-0.05, 0) is 30.0 Å².